The number of aliphatic hydroxyl groups is 5. The standard InChI is InChI=1S/C76H141NO10/c1-4-7-10-13-16-19-22-24-26-28-30-32-34-35-36-38-40-42-44-46-49-52-55-58-61-64-71(81)87-74-73(83)72(82)70(65-78)86-76(74)85-66-67(68(79)62-59-56-53-50-47-21-18-15-12-9-6-3)77-75(84)69(80)63-60-57-54-51-48-45-43-41-39-37-33-31-29-27-25-23-20-17-14-11-8-5-2/h17,20,24-27,59,62,67-70,72-74,76,78-80,82-83H,4-16,18-19,21-23,28-58,60-61,63-66H2,1-3H3,(H,77,84)/b20-17-,26-24+,27-25-,62-59+. The van der Waals surface area contributed by atoms with E-state index in [0.29, 0.717) is 19.3 Å². The van der Waals surface area contributed by atoms with Gasteiger partial charge in [-0.3, -0.25) is 9.59 Å². The Morgan fingerprint density at radius 2 is 0.793 bits per heavy atom. The number of carbonyl (C=O) groups is 2. The number of hydrogen-bond donors (Lipinski definition) is 6. The normalized spacial score (nSPS) is 18.5. The van der Waals surface area contributed by atoms with Gasteiger partial charge in [0.2, 0.25) is 5.91 Å². The number of ether oxygens (including phenoxy) is 3. The van der Waals surface area contributed by atoms with Crippen LogP contribution in [0.2, 0.25) is 0 Å². The van der Waals surface area contributed by atoms with Crippen LogP contribution in [0.25, 0.3) is 0 Å². The number of unbranched alkanes of at least 4 members (excludes halogenated alkanes) is 45. The van der Waals surface area contributed by atoms with Crippen molar-refractivity contribution in [2.24, 2.45) is 0 Å². The van der Waals surface area contributed by atoms with Crippen molar-refractivity contribution in [3.8, 4) is 0 Å². The first-order chi connectivity index (χ1) is 42.7. The zero-order valence-corrected chi connectivity index (χ0v) is 56.9. The van der Waals surface area contributed by atoms with Gasteiger partial charge in [0, 0.05) is 6.42 Å². The molecule has 0 bridgehead atoms. The highest BCUT2D eigenvalue weighted by molar-refractivity contribution is 5.80. The van der Waals surface area contributed by atoms with Crippen molar-refractivity contribution in [1.82, 2.24) is 5.32 Å². The molecular formula is C76H141NO10. The highest BCUT2D eigenvalue weighted by Crippen LogP contribution is 2.26. The molecule has 1 heterocycles. The monoisotopic (exact) mass is 1230 g/mol. The molecule has 11 heteroatoms. The summed E-state index contributed by atoms with van der Waals surface area (Å²) in [6, 6.07) is -1.02. The number of aliphatic hydroxyl groups excluding tert-OH is 5. The summed E-state index contributed by atoms with van der Waals surface area (Å²) in [4.78, 5) is 26.7. The first kappa shape index (κ1) is 82.6. The van der Waals surface area contributed by atoms with Crippen LogP contribution < -0.4 is 5.32 Å². The Balaban J connectivity index is 2.51. The Bertz CT molecular complexity index is 1600. The van der Waals surface area contributed by atoms with Crippen LogP contribution in [0.4, 0.5) is 0 Å². The summed E-state index contributed by atoms with van der Waals surface area (Å²) in [6.07, 6.45) is 70.2. The van der Waals surface area contributed by atoms with Crippen LogP contribution in [0, 0.1) is 0 Å². The average Bonchev–Trinajstić information content (AvgIpc) is 1.30. The molecule has 1 amide bonds. The quantitative estimate of drug-likeness (QED) is 0.0195. The third-order valence-corrected chi connectivity index (χ3v) is 17.7. The highest BCUT2D eigenvalue weighted by Gasteiger charge is 2.47. The SMILES string of the molecule is CCCCC/C=C\C/C=C\CCCCCCCCCCCCCCC(O)C(=O)NC(COC1OC(CO)C(O)C(O)C1OC(=O)CCCCCCCCCCCCCCCCC/C=C/CCCCCCCC)C(O)/C=C/CCCCCCCCCCC. The molecule has 0 aliphatic carbocycles. The van der Waals surface area contributed by atoms with Gasteiger partial charge in [-0.05, 0) is 83.5 Å². The molecule has 510 valence electrons. The van der Waals surface area contributed by atoms with Crippen LogP contribution in [0.15, 0.2) is 48.6 Å². The van der Waals surface area contributed by atoms with Crippen molar-refractivity contribution in [3.63, 3.8) is 0 Å². The molecule has 0 aromatic heterocycles. The maximum Gasteiger partial charge on any atom is 0.306 e. The average molecular weight is 1230 g/mol. The lowest BCUT2D eigenvalue weighted by Gasteiger charge is -2.41. The fourth-order valence-corrected chi connectivity index (χ4v) is 11.8. The lowest BCUT2D eigenvalue weighted by atomic mass is 9.99. The van der Waals surface area contributed by atoms with E-state index in [-0.39, 0.29) is 13.0 Å². The minimum absolute atomic E-state index is 0.127. The molecule has 1 saturated heterocycles. The van der Waals surface area contributed by atoms with Gasteiger partial charge in [0.05, 0.1) is 25.4 Å². The predicted molar refractivity (Wildman–Crippen MR) is 366 cm³/mol. The van der Waals surface area contributed by atoms with Crippen molar-refractivity contribution in [1.29, 1.82) is 0 Å². The van der Waals surface area contributed by atoms with E-state index in [1.54, 1.807) is 6.08 Å². The Morgan fingerprint density at radius 1 is 0.448 bits per heavy atom. The zero-order valence-electron chi connectivity index (χ0n) is 56.9. The Morgan fingerprint density at radius 3 is 1.21 bits per heavy atom. The number of hydrogen-bond acceptors (Lipinski definition) is 10. The Kier molecular flexibility index (Phi) is 60.6. The molecular weight excluding hydrogens is 1090 g/mol. The van der Waals surface area contributed by atoms with Gasteiger partial charge in [-0.25, -0.2) is 0 Å². The number of allylic oxidation sites excluding steroid dienone is 7. The van der Waals surface area contributed by atoms with Crippen molar-refractivity contribution < 1.29 is 49.3 Å². The molecule has 11 nitrogen and oxygen atoms in total. The van der Waals surface area contributed by atoms with Crippen LogP contribution in [0.1, 0.15) is 361 Å². The highest BCUT2D eigenvalue weighted by atomic mass is 16.7. The van der Waals surface area contributed by atoms with Crippen molar-refractivity contribution >= 4 is 11.9 Å². The summed E-state index contributed by atoms with van der Waals surface area (Å²) >= 11 is 0. The third-order valence-electron chi connectivity index (χ3n) is 17.7. The number of amides is 1. The van der Waals surface area contributed by atoms with Gasteiger partial charge < -0.3 is 45.1 Å². The molecule has 8 atom stereocenters. The lowest BCUT2D eigenvalue weighted by molar-refractivity contribution is -0.305. The molecule has 1 aliphatic rings. The van der Waals surface area contributed by atoms with Crippen LogP contribution in [-0.4, -0.2) is 99.6 Å². The summed E-state index contributed by atoms with van der Waals surface area (Å²) in [5.41, 5.74) is 0. The van der Waals surface area contributed by atoms with E-state index in [0.717, 1.165) is 64.2 Å². The van der Waals surface area contributed by atoms with Crippen LogP contribution in [-0.2, 0) is 23.8 Å². The summed E-state index contributed by atoms with van der Waals surface area (Å²) in [5, 5.41) is 57.3. The fraction of sp³-hybridized carbons (Fsp3) is 0.868. The van der Waals surface area contributed by atoms with Gasteiger partial charge in [0.15, 0.2) is 12.4 Å². The summed E-state index contributed by atoms with van der Waals surface area (Å²) in [6.45, 7) is 5.81. The number of carbonyl (C=O) groups excluding carboxylic acids is 2. The zero-order chi connectivity index (χ0) is 63.1. The third kappa shape index (κ3) is 50.9. The molecule has 87 heavy (non-hydrogen) atoms. The molecule has 1 rings (SSSR count). The van der Waals surface area contributed by atoms with E-state index >= 15 is 0 Å². The largest absolute Gasteiger partial charge is 0.454 e. The summed E-state index contributed by atoms with van der Waals surface area (Å²) in [5.74, 6) is -1.18. The molecule has 8 unspecified atom stereocenters. The van der Waals surface area contributed by atoms with Gasteiger partial charge in [-0.1, -0.05) is 320 Å². The second kappa shape index (κ2) is 63.8. The van der Waals surface area contributed by atoms with E-state index in [4.69, 9.17) is 14.2 Å². The molecule has 0 spiro atoms. The minimum atomic E-state index is -1.61. The van der Waals surface area contributed by atoms with Gasteiger partial charge in [0.1, 0.15) is 24.4 Å². The Labute approximate surface area is 536 Å². The van der Waals surface area contributed by atoms with Crippen molar-refractivity contribution in [2.75, 3.05) is 13.2 Å². The minimum Gasteiger partial charge on any atom is -0.454 e. The van der Waals surface area contributed by atoms with Crippen LogP contribution in [0.5, 0.6) is 0 Å². The first-order valence-corrected chi connectivity index (χ1v) is 37.4. The topological polar surface area (TPSA) is 175 Å². The van der Waals surface area contributed by atoms with E-state index in [9.17, 15) is 35.1 Å². The van der Waals surface area contributed by atoms with Gasteiger partial charge in [-0.2, -0.15) is 0 Å². The fourth-order valence-electron chi connectivity index (χ4n) is 11.8. The molecule has 6 N–H and O–H groups in total. The first-order valence-electron chi connectivity index (χ1n) is 37.4. The molecule has 0 saturated carbocycles. The van der Waals surface area contributed by atoms with E-state index in [2.05, 4.69) is 62.5 Å². The van der Waals surface area contributed by atoms with Crippen molar-refractivity contribution in [3.05, 3.63) is 48.6 Å². The van der Waals surface area contributed by atoms with E-state index in [1.807, 2.05) is 6.08 Å². The van der Waals surface area contributed by atoms with Crippen LogP contribution in [0.3, 0.4) is 0 Å². The second-order valence-electron chi connectivity index (χ2n) is 26.0. The van der Waals surface area contributed by atoms with Gasteiger partial charge in [0.25, 0.3) is 0 Å². The maximum atomic E-state index is 13.5. The van der Waals surface area contributed by atoms with E-state index < -0.39 is 67.4 Å². The second-order valence-corrected chi connectivity index (χ2v) is 26.0. The van der Waals surface area contributed by atoms with Gasteiger partial charge >= 0.3 is 5.97 Å². The molecule has 1 fully saturated rings. The number of rotatable bonds is 65. The molecule has 1 aliphatic heterocycles. The molecule has 0 aromatic rings. The van der Waals surface area contributed by atoms with Crippen molar-refractivity contribution in [2.45, 2.75) is 410 Å². The van der Waals surface area contributed by atoms with Crippen LogP contribution >= 0.6 is 0 Å². The smallest absolute Gasteiger partial charge is 0.306 e. The molecule has 0 radical (unpaired) electrons. The number of nitrogens with one attached hydrogen (secondary N) is 1. The number of esters is 1. The van der Waals surface area contributed by atoms with Gasteiger partial charge in [-0.15, -0.1) is 0 Å². The maximum absolute atomic E-state index is 13.5. The molecule has 0 aromatic carbocycles. The summed E-state index contributed by atoms with van der Waals surface area (Å²) in [7, 11) is 0. The van der Waals surface area contributed by atoms with E-state index in [1.165, 1.54) is 250 Å². The lowest BCUT2D eigenvalue weighted by Crippen LogP contribution is -2.61. The predicted octanol–water partition coefficient (Wildman–Crippen LogP) is 19.5. The summed E-state index contributed by atoms with van der Waals surface area (Å²) < 4.78 is 17.7. The Hall–Kier alpha value is -2.38.